The van der Waals surface area contributed by atoms with Crippen LogP contribution in [-0.4, -0.2) is 73.9 Å². The molecule has 63 heavy (non-hydrogen) atoms. The second-order valence-corrected chi connectivity index (χ2v) is 15.9. The highest BCUT2D eigenvalue weighted by Crippen LogP contribution is 2.62. The van der Waals surface area contributed by atoms with Gasteiger partial charge in [-0.15, -0.1) is 0 Å². The summed E-state index contributed by atoms with van der Waals surface area (Å²) in [5, 5.41) is 12.1. The number of phenolic OH excluding ortho intramolecular Hbond substituents is 1. The molecule has 2 amide bonds. The summed E-state index contributed by atoms with van der Waals surface area (Å²) in [6.07, 6.45) is 1.76. The summed E-state index contributed by atoms with van der Waals surface area (Å²) in [5.74, 6) is -2.34. The number of carbonyl (C=O) groups excluding carboxylic acids is 2. The van der Waals surface area contributed by atoms with Gasteiger partial charge in [-0.1, -0.05) is 54.1 Å². The van der Waals surface area contributed by atoms with E-state index in [0.29, 0.717) is 44.9 Å². The van der Waals surface area contributed by atoms with E-state index in [1.807, 2.05) is 43.3 Å². The van der Waals surface area contributed by atoms with E-state index < -0.39 is 52.0 Å². The van der Waals surface area contributed by atoms with Gasteiger partial charge in [0.05, 0.1) is 69.1 Å². The summed E-state index contributed by atoms with van der Waals surface area (Å²) in [6.45, 7) is 1.71. The molecule has 9 rings (SSSR count). The van der Waals surface area contributed by atoms with E-state index in [2.05, 4.69) is 10.4 Å². The number of benzene rings is 4. The van der Waals surface area contributed by atoms with Crippen molar-refractivity contribution in [1.29, 1.82) is 0 Å². The Morgan fingerprint density at radius 1 is 0.825 bits per heavy atom. The lowest BCUT2D eigenvalue weighted by Crippen LogP contribution is -2.53. The molecule has 4 heterocycles. The number of imide groups is 1. The monoisotopic (exact) mass is 855 g/mol. The van der Waals surface area contributed by atoms with E-state index >= 15 is 9.59 Å². The van der Waals surface area contributed by atoms with Crippen molar-refractivity contribution in [2.24, 2.45) is 13.0 Å². The van der Waals surface area contributed by atoms with E-state index in [1.165, 1.54) is 42.4 Å². The summed E-state index contributed by atoms with van der Waals surface area (Å²) in [4.78, 5) is 77.7. The van der Waals surface area contributed by atoms with Crippen molar-refractivity contribution < 1.29 is 33.6 Å². The molecule has 2 aromatic heterocycles. The highest BCUT2D eigenvalue weighted by atomic mass is 16.5. The van der Waals surface area contributed by atoms with Crippen LogP contribution in [0.2, 0.25) is 0 Å². The van der Waals surface area contributed by atoms with Gasteiger partial charge in [-0.05, 0) is 54.3 Å². The fraction of sp³-hybridized carbons (Fsp3) is 0.304. The average Bonchev–Trinajstić information content (AvgIpc) is 3.67. The van der Waals surface area contributed by atoms with Gasteiger partial charge in [-0.25, -0.2) is 28.5 Å². The van der Waals surface area contributed by atoms with E-state index in [4.69, 9.17) is 18.9 Å². The van der Waals surface area contributed by atoms with Crippen LogP contribution in [0.1, 0.15) is 40.8 Å². The van der Waals surface area contributed by atoms with Gasteiger partial charge >= 0.3 is 11.4 Å². The van der Waals surface area contributed by atoms with Gasteiger partial charge < -0.3 is 28.6 Å². The fourth-order valence-corrected chi connectivity index (χ4v) is 9.79. The van der Waals surface area contributed by atoms with Gasteiger partial charge in [-0.2, -0.15) is 5.01 Å². The number of hydrogen-bond acceptors (Lipinski definition) is 12. The first kappa shape index (κ1) is 40.8. The van der Waals surface area contributed by atoms with Crippen LogP contribution in [0.5, 0.6) is 28.7 Å². The minimum absolute atomic E-state index is 0.0261. The van der Waals surface area contributed by atoms with Crippen molar-refractivity contribution in [3.05, 3.63) is 144 Å². The largest absolute Gasteiger partial charge is 0.502 e. The fourth-order valence-electron chi connectivity index (χ4n) is 9.79. The standard InChI is InChI=1S/C46H45N7O10/c1-25-12-14-28(15-13-25)48-52-41(55)30-22-33-29(39(26-20-37(62-5)40(54)38(21-26)63-6)46(30,43(52)57)27-10-8-7-9-11-27)16-19-51-44(58)50(45(59)53(33)51)18-17-31-42(56)49(2)34-24-36(61-4)35(60-3)23-32(34)47-31/h7-16,20-21,23-24,30,33,39,48,54H,17-19,22H2,1-6H3/t30-,33+,39-,46+/m0/s1. The number of ether oxygens (including phenoxy) is 4. The summed E-state index contributed by atoms with van der Waals surface area (Å²) >= 11 is 0. The van der Waals surface area contributed by atoms with Gasteiger partial charge in [0.25, 0.3) is 17.4 Å². The number of carbonyl (C=O) groups is 2. The number of aromatic hydroxyl groups is 1. The number of nitrogens with zero attached hydrogens (tertiary/aromatic N) is 6. The number of methoxy groups -OCH3 is 4. The normalized spacial score (nSPS) is 20.2. The van der Waals surface area contributed by atoms with Gasteiger partial charge in [0.1, 0.15) is 5.69 Å². The third kappa shape index (κ3) is 6.12. The van der Waals surface area contributed by atoms with E-state index in [1.54, 1.807) is 55.6 Å². The van der Waals surface area contributed by atoms with Gasteiger partial charge in [0, 0.05) is 38.1 Å². The molecule has 2 N–H and O–H groups in total. The number of allylic oxidation sites excluding steroid dienone is 2. The maximum atomic E-state index is 15.5. The minimum Gasteiger partial charge on any atom is -0.502 e. The van der Waals surface area contributed by atoms with Crippen LogP contribution < -0.4 is 41.3 Å². The second-order valence-electron chi connectivity index (χ2n) is 15.9. The maximum Gasteiger partial charge on any atom is 0.347 e. The number of nitrogens with one attached hydrogen (secondary N) is 1. The lowest BCUT2D eigenvalue weighted by molar-refractivity contribution is -0.138. The Morgan fingerprint density at radius 2 is 1.48 bits per heavy atom. The number of anilines is 1. The molecule has 0 spiro atoms. The third-order valence-corrected chi connectivity index (χ3v) is 12.8. The summed E-state index contributed by atoms with van der Waals surface area (Å²) in [7, 11) is 7.39. The molecule has 0 radical (unpaired) electrons. The molecular weight excluding hydrogens is 811 g/mol. The summed E-state index contributed by atoms with van der Waals surface area (Å²) in [6, 6.07) is 22.0. The first-order valence-electron chi connectivity index (χ1n) is 20.3. The highest BCUT2D eigenvalue weighted by Gasteiger charge is 2.69. The van der Waals surface area contributed by atoms with Gasteiger partial charge in [0.15, 0.2) is 23.0 Å². The predicted molar refractivity (Wildman–Crippen MR) is 231 cm³/mol. The molecule has 4 atom stereocenters. The summed E-state index contributed by atoms with van der Waals surface area (Å²) < 4.78 is 27.3. The number of amides is 2. The quantitative estimate of drug-likeness (QED) is 0.141. The Balaban J connectivity index is 1.19. The molecule has 2 aliphatic heterocycles. The molecule has 0 unspecified atom stereocenters. The molecule has 1 aliphatic carbocycles. The number of hydrogen-bond donors (Lipinski definition) is 2. The molecule has 0 bridgehead atoms. The number of fused-ring (bicyclic) bond motifs is 5. The molecule has 3 aliphatic rings. The zero-order valence-corrected chi connectivity index (χ0v) is 35.4. The maximum absolute atomic E-state index is 15.5. The van der Waals surface area contributed by atoms with Crippen molar-refractivity contribution >= 4 is 28.5 Å². The molecule has 1 saturated heterocycles. The first-order valence-corrected chi connectivity index (χ1v) is 20.3. The molecule has 4 aromatic carbocycles. The van der Waals surface area contributed by atoms with Crippen LogP contribution in [-0.2, 0) is 41.6 Å². The van der Waals surface area contributed by atoms with Crippen LogP contribution in [0.15, 0.2) is 105 Å². The molecular formula is C46H45N7O10. The topological polar surface area (TPSA) is 190 Å². The number of aryl methyl sites for hydroxylation is 3. The van der Waals surface area contributed by atoms with Crippen molar-refractivity contribution in [3.8, 4) is 28.7 Å². The predicted octanol–water partition coefficient (Wildman–Crippen LogP) is 3.97. The Bertz CT molecular complexity index is 3030. The Labute approximate surface area is 359 Å². The van der Waals surface area contributed by atoms with E-state index in [-0.39, 0.29) is 48.9 Å². The molecule has 17 heteroatoms. The Hall–Kier alpha value is -7.56. The zero-order chi connectivity index (χ0) is 44.5. The molecule has 324 valence electrons. The smallest absolute Gasteiger partial charge is 0.347 e. The SMILES string of the molecule is COc1cc2nc(CCn3c(=O)n4n(c3=O)[C@@H]3C[C@H]5C(=O)N(Nc6ccc(C)cc6)C(=O)[C@@]5(c5ccccc5)[C@@H](c5cc(OC)c(O)c(OC)c5)C3=CC4)c(=O)n(C)c2cc1OC. The average molecular weight is 856 g/mol. The first-order chi connectivity index (χ1) is 30.4. The van der Waals surface area contributed by atoms with Crippen molar-refractivity contribution in [3.63, 3.8) is 0 Å². The number of hydrazine groups is 1. The van der Waals surface area contributed by atoms with Crippen molar-refractivity contribution in [2.45, 2.75) is 50.2 Å². The van der Waals surface area contributed by atoms with Crippen LogP contribution in [0.25, 0.3) is 11.0 Å². The van der Waals surface area contributed by atoms with Gasteiger partial charge in [0.2, 0.25) is 5.75 Å². The Morgan fingerprint density at radius 3 is 2.13 bits per heavy atom. The van der Waals surface area contributed by atoms with Crippen LogP contribution in [0.3, 0.4) is 0 Å². The minimum atomic E-state index is -1.59. The molecule has 2 fully saturated rings. The highest BCUT2D eigenvalue weighted by molar-refractivity contribution is 6.12. The number of phenols is 1. The number of rotatable bonds is 11. The summed E-state index contributed by atoms with van der Waals surface area (Å²) in [5.41, 5.74) is 4.06. The van der Waals surface area contributed by atoms with Crippen LogP contribution in [0, 0.1) is 12.8 Å². The van der Waals surface area contributed by atoms with Crippen molar-refractivity contribution in [2.75, 3.05) is 33.9 Å². The lowest BCUT2D eigenvalue weighted by atomic mass is 9.53. The van der Waals surface area contributed by atoms with Crippen LogP contribution >= 0.6 is 0 Å². The Kier molecular flexibility index (Phi) is 9.99. The van der Waals surface area contributed by atoms with Crippen molar-refractivity contribution in [1.82, 2.24) is 28.5 Å². The number of aromatic nitrogens is 5. The second kappa shape index (κ2) is 15.4. The van der Waals surface area contributed by atoms with E-state index in [9.17, 15) is 19.5 Å². The molecule has 17 nitrogen and oxygen atoms in total. The van der Waals surface area contributed by atoms with Crippen LogP contribution in [0.4, 0.5) is 5.69 Å². The van der Waals surface area contributed by atoms with Gasteiger partial charge in [-0.3, -0.25) is 19.8 Å². The lowest BCUT2D eigenvalue weighted by Gasteiger charge is -2.49. The van der Waals surface area contributed by atoms with E-state index in [0.717, 1.165) is 15.1 Å². The third-order valence-electron chi connectivity index (χ3n) is 12.8. The molecule has 6 aromatic rings. The zero-order valence-electron chi connectivity index (χ0n) is 35.4. The molecule has 1 saturated carbocycles.